The van der Waals surface area contributed by atoms with Crippen LogP contribution in [0.2, 0.25) is 0 Å². The van der Waals surface area contributed by atoms with Crippen molar-refractivity contribution in [3.8, 4) is 0 Å². The number of nitrogens with one attached hydrogen (secondary N) is 3. The first-order valence-corrected chi connectivity index (χ1v) is 7.68. The number of nitrogens with zero attached hydrogens (tertiary/aromatic N) is 2. The Morgan fingerprint density at radius 2 is 2.29 bits per heavy atom. The van der Waals surface area contributed by atoms with Gasteiger partial charge in [-0.25, -0.2) is 0 Å². The third-order valence-corrected chi connectivity index (χ3v) is 3.59. The number of hydrogen-bond acceptors (Lipinski definition) is 4. The third-order valence-electron chi connectivity index (χ3n) is 3.35. The van der Waals surface area contributed by atoms with Crippen molar-refractivity contribution >= 4 is 23.0 Å². The molecule has 116 valence electrons. The molecule has 1 aromatic heterocycles. The van der Waals surface area contributed by atoms with Crippen molar-refractivity contribution in [1.29, 1.82) is 0 Å². The van der Waals surface area contributed by atoms with Crippen LogP contribution in [-0.2, 0) is 4.74 Å². The lowest BCUT2D eigenvalue weighted by atomic mass is 10.3. The van der Waals surface area contributed by atoms with Gasteiger partial charge in [0.2, 0.25) is 0 Å². The largest absolute Gasteiger partial charge is 0.379 e. The molecule has 0 saturated carbocycles. The maximum atomic E-state index is 5.32. The Hall–Kier alpha value is -1.44. The number of thiocarbonyl (C=S) groups is 1. The van der Waals surface area contributed by atoms with Crippen LogP contribution in [0.15, 0.2) is 23.4 Å². The Morgan fingerprint density at radius 1 is 1.48 bits per heavy atom. The average molecular weight is 309 g/mol. The van der Waals surface area contributed by atoms with Gasteiger partial charge < -0.3 is 15.0 Å². The third kappa shape index (κ3) is 5.82. The van der Waals surface area contributed by atoms with Crippen LogP contribution in [-0.4, -0.2) is 60.1 Å². The van der Waals surface area contributed by atoms with Crippen LogP contribution in [0, 0.1) is 0 Å². The van der Waals surface area contributed by atoms with Gasteiger partial charge in [-0.15, -0.1) is 0 Å². The van der Waals surface area contributed by atoms with Crippen LogP contribution in [0.3, 0.4) is 0 Å². The number of hydrogen-bond donors (Lipinski definition) is 3. The van der Waals surface area contributed by atoms with Crippen LogP contribution in [0.1, 0.15) is 19.0 Å². The Labute approximate surface area is 130 Å². The Morgan fingerprint density at radius 3 is 3.00 bits per heavy atom. The number of hydrazone groups is 1. The van der Waals surface area contributed by atoms with Crippen LogP contribution in [0.25, 0.3) is 0 Å². The van der Waals surface area contributed by atoms with Crippen LogP contribution >= 0.6 is 12.2 Å². The predicted octanol–water partition coefficient (Wildman–Crippen LogP) is 0.925. The van der Waals surface area contributed by atoms with Crippen molar-refractivity contribution in [2.75, 3.05) is 39.4 Å². The average Bonchev–Trinajstić information content (AvgIpc) is 3.05. The SMILES string of the molecule is C/C(=N\NC(=S)NCCCN1CCOCC1)c1ccc[nH]1. The Balaban J connectivity index is 1.58. The van der Waals surface area contributed by atoms with Crippen molar-refractivity contribution in [2.24, 2.45) is 5.10 Å². The molecule has 0 atom stereocenters. The lowest BCUT2D eigenvalue weighted by molar-refractivity contribution is 0.0376. The molecule has 2 rings (SSSR count). The zero-order valence-corrected chi connectivity index (χ0v) is 13.2. The molecule has 7 heteroatoms. The summed E-state index contributed by atoms with van der Waals surface area (Å²) in [6.45, 7) is 7.61. The number of aromatic amines is 1. The number of rotatable bonds is 6. The first-order chi connectivity index (χ1) is 10.3. The minimum absolute atomic E-state index is 0.558. The van der Waals surface area contributed by atoms with E-state index in [1.165, 1.54) is 0 Å². The van der Waals surface area contributed by atoms with E-state index >= 15 is 0 Å². The summed E-state index contributed by atoms with van der Waals surface area (Å²) < 4.78 is 5.32. The van der Waals surface area contributed by atoms with Crippen LogP contribution in [0.4, 0.5) is 0 Å². The van der Waals surface area contributed by atoms with Crippen molar-refractivity contribution in [3.05, 3.63) is 24.0 Å². The van der Waals surface area contributed by atoms with E-state index < -0.39 is 0 Å². The lowest BCUT2D eigenvalue weighted by Crippen LogP contribution is -2.39. The molecule has 6 nitrogen and oxygen atoms in total. The molecule has 0 bridgehead atoms. The highest BCUT2D eigenvalue weighted by molar-refractivity contribution is 7.80. The van der Waals surface area contributed by atoms with Gasteiger partial charge in [0.15, 0.2) is 5.11 Å². The molecule has 0 unspecified atom stereocenters. The van der Waals surface area contributed by atoms with E-state index in [-0.39, 0.29) is 0 Å². The fourth-order valence-electron chi connectivity index (χ4n) is 2.12. The fraction of sp³-hybridized carbons (Fsp3) is 0.571. The molecule has 21 heavy (non-hydrogen) atoms. The molecule has 1 saturated heterocycles. The number of morpholine rings is 1. The van der Waals surface area contributed by atoms with Crippen LogP contribution < -0.4 is 10.7 Å². The molecular weight excluding hydrogens is 286 g/mol. The maximum Gasteiger partial charge on any atom is 0.186 e. The van der Waals surface area contributed by atoms with E-state index in [4.69, 9.17) is 17.0 Å². The highest BCUT2D eigenvalue weighted by Gasteiger charge is 2.09. The second kappa shape index (κ2) is 8.76. The minimum atomic E-state index is 0.558. The lowest BCUT2D eigenvalue weighted by Gasteiger charge is -2.26. The molecular formula is C14H23N5OS. The predicted molar refractivity (Wildman–Crippen MR) is 88.6 cm³/mol. The summed E-state index contributed by atoms with van der Waals surface area (Å²) in [7, 11) is 0. The Bertz CT molecular complexity index is 454. The van der Waals surface area contributed by atoms with Gasteiger partial charge in [-0.05, 0) is 44.2 Å². The van der Waals surface area contributed by atoms with E-state index in [0.717, 1.165) is 57.2 Å². The second-order valence-corrected chi connectivity index (χ2v) is 5.36. The highest BCUT2D eigenvalue weighted by atomic mass is 32.1. The molecule has 1 aromatic rings. The molecule has 0 amide bonds. The smallest absolute Gasteiger partial charge is 0.186 e. The quantitative estimate of drug-likeness (QED) is 0.316. The van der Waals surface area contributed by atoms with Crippen molar-refractivity contribution in [3.63, 3.8) is 0 Å². The van der Waals surface area contributed by atoms with Crippen molar-refractivity contribution in [1.82, 2.24) is 20.6 Å². The van der Waals surface area contributed by atoms with Gasteiger partial charge >= 0.3 is 0 Å². The van der Waals surface area contributed by atoms with E-state index in [0.29, 0.717) is 5.11 Å². The summed E-state index contributed by atoms with van der Waals surface area (Å²) in [4.78, 5) is 5.51. The van der Waals surface area contributed by atoms with Crippen molar-refractivity contribution in [2.45, 2.75) is 13.3 Å². The molecule has 0 spiro atoms. The summed E-state index contributed by atoms with van der Waals surface area (Å²) in [6, 6.07) is 3.91. The molecule has 0 radical (unpaired) electrons. The topological polar surface area (TPSA) is 64.7 Å². The summed E-state index contributed by atoms with van der Waals surface area (Å²) in [6.07, 6.45) is 2.93. The number of aromatic nitrogens is 1. The van der Waals surface area contributed by atoms with Gasteiger partial charge in [0.05, 0.1) is 24.6 Å². The van der Waals surface area contributed by atoms with E-state index in [9.17, 15) is 0 Å². The van der Waals surface area contributed by atoms with Gasteiger partial charge in [-0.2, -0.15) is 5.10 Å². The van der Waals surface area contributed by atoms with Crippen molar-refractivity contribution < 1.29 is 4.74 Å². The molecule has 2 heterocycles. The minimum Gasteiger partial charge on any atom is -0.379 e. The molecule has 1 fully saturated rings. The first-order valence-electron chi connectivity index (χ1n) is 7.27. The monoisotopic (exact) mass is 309 g/mol. The van der Waals surface area contributed by atoms with E-state index in [1.807, 2.05) is 25.3 Å². The summed E-state index contributed by atoms with van der Waals surface area (Å²) >= 11 is 5.20. The molecule has 1 aliphatic rings. The molecule has 1 aliphatic heterocycles. The van der Waals surface area contributed by atoms with Gasteiger partial charge in [0, 0.05) is 25.8 Å². The summed E-state index contributed by atoms with van der Waals surface area (Å²) in [5.74, 6) is 0. The number of ether oxygens (including phenoxy) is 1. The fourth-order valence-corrected chi connectivity index (χ4v) is 2.27. The standard InChI is InChI=1S/C14H23N5OS/c1-12(13-4-2-5-15-13)17-18-14(21)16-6-3-7-19-8-10-20-11-9-19/h2,4-5,15H,3,6-11H2,1H3,(H2,16,18,21)/b17-12+. The summed E-state index contributed by atoms with van der Waals surface area (Å²) in [5.41, 5.74) is 4.72. The van der Waals surface area contributed by atoms with Gasteiger partial charge in [0.25, 0.3) is 0 Å². The normalized spacial score (nSPS) is 16.7. The van der Waals surface area contributed by atoms with E-state index in [2.05, 4.69) is 25.7 Å². The maximum absolute atomic E-state index is 5.32. The zero-order chi connectivity index (χ0) is 14.9. The van der Waals surface area contributed by atoms with Crippen LogP contribution in [0.5, 0.6) is 0 Å². The first kappa shape index (κ1) is 15.9. The second-order valence-electron chi connectivity index (χ2n) is 4.96. The highest BCUT2D eigenvalue weighted by Crippen LogP contribution is 1.97. The van der Waals surface area contributed by atoms with Gasteiger partial charge in [-0.1, -0.05) is 0 Å². The molecule has 3 N–H and O–H groups in total. The van der Waals surface area contributed by atoms with E-state index in [1.54, 1.807) is 0 Å². The van der Waals surface area contributed by atoms with Gasteiger partial charge in [-0.3, -0.25) is 10.3 Å². The molecule has 0 aliphatic carbocycles. The summed E-state index contributed by atoms with van der Waals surface area (Å²) in [5, 5.41) is 7.97. The van der Waals surface area contributed by atoms with Gasteiger partial charge in [0.1, 0.15) is 0 Å². The Kier molecular flexibility index (Phi) is 6.65. The number of H-pyrrole nitrogens is 1. The molecule has 0 aromatic carbocycles. The zero-order valence-electron chi connectivity index (χ0n) is 12.4.